The van der Waals surface area contributed by atoms with Crippen LogP contribution in [0.25, 0.3) is 0 Å². The molecule has 0 fully saturated rings. The zero-order chi connectivity index (χ0) is 5.21. The molecule has 32 valence electrons. The Morgan fingerprint density at radius 3 is 1.50 bits per heavy atom. The Balaban J connectivity index is 3.45. The maximum absolute atomic E-state index is 2.19. The molecule has 0 aromatic carbocycles. The van der Waals surface area contributed by atoms with Gasteiger partial charge in [-0.3, -0.25) is 0 Å². The van der Waals surface area contributed by atoms with E-state index in [1.54, 1.807) is 0 Å². The van der Waals surface area contributed by atoms with Crippen molar-refractivity contribution in [3.8, 4) is 0 Å². The van der Waals surface area contributed by atoms with Crippen LogP contribution in [0.3, 0.4) is 0 Å². The fraction of sp³-hybridized carbons (Fsp3) is 0.800. The molecule has 0 aliphatic heterocycles. The average molecular weight is 118 g/mol. The third kappa shape index (κ3) is 4.58. The van der Waals surface area contributed by atoms with Crippen molar-refractivity contribution in [3.63, 3.8) is 0 Å². The van der Waals surface area contributed by atoms with Crippen molar-refractivity contribution >= 4 is 4.31 Å². The summed E-state index contributed by atoms with van der Waals surface area (Å²) in [6, 6.07) is 0. The second kappa shape index (κ2) is 2.04. The molecular formula is C5H10Ti+2. The van der Waals surface area contributed by atoms with Crippen LogP contribution < -0.4 is 0 Å². The maximum atomic E-state index is 2.19. The van der Waals surface area contributed by atoms with E-state index in [4.69, 9.17) is 0 Å². The van der Waals surface area contributed by atoms with Crippen molar-refractivity contribution in [1.82, 2.24) is 0 Å². The Labute approximate surface area is 50.8 Å². The first-order valence-electron chi connectivity index (χ1n) is 2.08. The third-order valence-corrected chi connectivity index (χ3v) is 1.79. The summed E-state index contributed by atoms with van der Waals surface area (Å²) in [7, 11) is 0. The van der Waals surface area contributed by atoms with Crippen LogP contribution >= 0.6 is 0 Å². The first-order valence-corrected chi connectivity index (χ1v) is 2.98. The van der Waals surface area contributed by atoms with Crippen LogP contribution in [0.5, 0.6) is 0 Å². The van der Waals surface area contributed by atoms with Crippen molar-refractivity contribution < 1.29 is 20.0 Å². The summed E-state index contributed by atoms with van der Waals surface area (Å²) >= 11 is 2.08. The molecule has 0 amide bonds. The summed E-state index contributed by atoms with van der Waals surface area (Å²) in [5.41, 5.74) is 0.417. The van der Waals surface area contributed by atoms with E-state index in [1.165, 1.54) is 0 Å². The van der Waals surface area contributed by atoms with E-state index in [1.807, 2.05) is 0 Å². The third-order valence-electron chi connectivity index (χ3n) is 0.433. The van der Waals surface area contributed by atoms with Crippen LogP contribution in [0.1, 0.15) is 20.8 Å². The molecule has 0 aromatic heterocycles. The van der Waals surface area contributed by atoms with Crippen LogP contribution in [0.2, 0.25) is 0 Å². The van der Waals surface area contributed by atoms with Gasteiger partial charge in [-0.1, -0.05) is 0 Å². The normalized spacial score (nSPS) is 11.5. The van der Waals surface area contributed by atoms with E-state index in [2.05, 4.69) is 45.1 Å². The van der Waals surface area contributed by atoms with Crippen molar-refractivity contribution in [2.75, 3.05) is 0 Å². The Hall–Kier alpha value is 0.584. The van der Waals surface area contributed by atoms with Crippen molar-refractivity contribution in [1.29, 1.82) is 0 Å². The molecule has 0 aromatic rings. The van der Waals surface area contributed by atoms with Gasteiger partial charge in [-0.15, -0.1) is 0 Å². The molecule has 0 unspecified atom stereocenters. The van der Waals surface area contributed by atoms with Crippen LogP contribution in [0.15, 0.2) is 0 Å². The topological polar surface area (TPSA) is 0 Å². The molecule has 0 bridgehead atoms. The molecule has 0 spiro atoms. The van der Waals surface area contributed by atoms with Gasteiger partial charge in [-0.25, -0.2) is 0 Å². The van der Waals surface area contributed by atoms with E-state index in [9.17, 15) is 0 Å². The van der Waals surface area contributed by atoms with Gasteiger partial charge in [0.1, 0.15) is 0 Å². The molecular weight excluding hydrogens is 108 g/mol. The second-order valence-electron chi connectivity index (χ2n) is 2.51. The van der Waals surface area contributed by atoms with E-state index in [0.717, 1.165) is 0 Å². The van der Waals surface area contributed by atoms with Crippen molar-refractivity contribution in [3.05, 3.63) is 0 Å². The number of hydrogen-bond donors (Lipinski definition) is 0. The molecule has 0 heterocycles. The molecule has 0 saturated carbocycles. The molecule has 0 atom stereocenters. The van der Waals surface area contributed by atoms with Gasteiger partial charge in [0.15, 0.2) is 0 Å². The van der Waals surface area contributed by atoms with Crippen LogP contribution in [0, 0.1) is 5.41 Å². The summed E-state index contributed by atoms with van der Waals surface area (Å²) in [6.45, 7) is 6.56. The first-order chi connectivity index (χ1) is 2.56. The summed E-state index contributed by atoms with van der Waals surface area (Å²) in [5, 5.41) is 0. The Kier molecular flexibility index (Phi) is 2.24. The van der Waals surface area contributed by atoms with Crippen LogP contribution in [-0.2, 0) is 20.0 Å². The summed E-state index contributed by atoms with van der Waals surface area (Å²) in [5.74, 6) is 0. The van der Waals surface area contributed by atoms with Gasteiger partial charge >= 0.3 is 50.5 Å². The van der Waals surface area contributed by atoms with E-state index in [0.29, 0.717) is 5.41 Å². The fourth-order valence-electron chi connectivity index (χ4n) is 0. The quantitative estimate of drug-likeness (QED) is 0.421. The second-order valence-corrected chi connectivity index (χ2v) is 2.96. The van der Waals surface area contributed by atoms with Crippen LogP contribution in [-0.4, -0.2) is 4.31 Å². The summed E-state index contributed by atoms with van der Waals surface area (Å²) in [4.78, 5) is 0. The van der Waals surface area contributed by atoms with E-state index >= 15 is 0 Å². The zero-order valence-corrected chi connectivity index (χ0v) is 6.14. The zero-order valence-electron chi connectivity index (χ0n) is 4.58. The SMILES string of the molecule is CC(C)(C)[CH]=[Ti+2]. The van der Waals surface area contributed by atoms with Crippen molar-refractivity contribution in [2.24, 2.45) is 5.41 Å². The molecule has 0 aliphatic rings. The van der Waals surface area contributed by atoms with Crippen LogP contribution in [0.4, 0.5) is 0 Å². The molecule has 0 N–H and O–H groups in total. The molecule has 0 rings (SSSR count). The monoisotopic (exact) mass is 118 g/mol. The Bertz CT molecular complexity index is 49.4. The van der Waals surface area contributed by atoms with Gasteiger partial charge in [0.2, 0.25) is 0 Å². The molecule has 6 heavy (non-hydrogen) atoms. The average Bonchev–Trinajstić information content (AvgIpc) is 1.35. The van der Waals surface area contributed by atoms with Gasteiger partial charge in [-0.05, 0) is 0 Å². The van der Waals surface area contributed by atoms with E-state index in [-0.39, 0.29) is 0 Å². The molecule has 0 saturated heterocycles. The van der Waals surface area contributed by atoms with Gasteiger partial charge in [0.05, 0.1) is 0 Å². The van der Waals surface area contributed by atoms with E-state index < -0.39 is 0 Å². The summed E-state index contributed by atoms with van der Waals surface area (Å²) < 4.78 is 2.19. The Morgan fingerprint density at radius 2 is 1.50 bits per heavy atom. The molecule has 0 radical (unpaired) electrons. The molecule has 1 heteroatoms. The minimum atomic E-state index is 0.417. The standard InChI is InChI=1S/C5H10.Ti/c1-5(2,3)4;/h1H,2-4H3;/q;+2. The predicted molar refractivity (Wildman–Crippen MR) is 25.5 cm³/mol. The van der Waals surface area contributed by atoms with Gasteiger partial charge in [0.25, 0.3) is 0 Å². The predicted octanol–water partition coefficient (Wildman–Crippen LogP) is 1.38. The summed E-state index contributed by atoms with van der Waals surface area (Å²) in [6.07, 6.45) is 0. The number of hydrogen-bond acceptors (Lipinski definition) is 0. The van der Waals surface area contributed by atoms with Crippen molar-refractivity contribution in [2.45, 2.75) is 20.8 Å². The molecule has 0 nitrogen and oxygen atoms in total. The minimum absolute atomic E-state index is 0.417. The fourth-order valence-corrected chi connectivity index (χ4v) is 0. The Morgan fingerprint density at radius 1 is 1.33 bits per heavy atom. The van der Waals surface area contributed by atoms with Gasteiger partial charge in [-0.2, -0.15) is 0 Å². The first kappa shape index (κ1) is 6.58. The van der Waals surface area contributed by atoms with Gasteiger partial charge < -0.3 is 0 Å². The molecule has 0 aliphatic carbocycles. The van der Waals surface area contributed by atoms with Gasteiger partial charge in [0, 0.05) is 0 Å². The number of rotatable bonds is 0.